The topological polar surface area (TPSA) is 38.1 Å². The van der Waals surface area contributed by atoms with Crippen molar-refractivity contribution in [2.75, 3.05) is 14.1 Å². The number of carbonyl (C=O) groups is 1. The summed E-state index contributed by atoms with van der Waals surface area (Å²) in [5, 5.41) is 0. The highest BCUT2D eigenvalue weighted by Gasteiger charge is 2.32. The van der Waals surface area contributed by atoms with E-state index >= 15 is 0 Å². The number of alkyl halides is 3. The number of amides is 1. The normalized spacial score (nSPS) is 11.9. The Bertz CT molecular complexity index is 895. The molecule has 0 fully saturated rings. The minimum atomic E-state index is -4.35. The molecule has 126 valence electrons. The number of carbonyl (C=O) groups excluding carboxylic acids is 1. The molecule has 3 rings (SSSR count). The van der Waals surface area contributed by atoms with E-state index in [4.69, 9.17) is 0 Å². The van der Waals surface area contributed by atoms with E-state index in [1.165, 1.54) is 11.0 Å². The maximum absolute atomic E-state index is 12.8. The molecule has 0 saturated heterocycles. The lowest BCUT2D eigenvalue weighted by atomic mass is 10.2. The Morgan fingerprint density at radius 3 is 2.67 bits per heavy atom. The molecule has 3 heterocycles. The van der Waals surface area contributed by atoms with Gasteiger partial charge in [-0.1, -0.05) is 0 Å². The molecule has 0 unspecified atom stereocenters. The van der Waals surface area contributed by atoms with Gasteiger partial charge in [-0.05, 0) is 24.3 Å². The average molecular weight is 353 g/mol. The third-order valence-electron chi connectivity index (χ3n) is 3.59. The van der Waals surface area contributed by atoms with Crippen LogP contribution in [0.15, 0.2) is 36.7 Å². The predicted octanol–water partition coefficient (Wildman–Crippen LogP) is 3.87. The highest BCUT2D eigenvalue weighted by molar-refractivity contribution is 7.15. The van der Waals surface area contributed by atoms with E-state index in [1.807, 2.05) is 0 Å². The monoisotopic (exact) mass is 353 g/mol. The molecule has 8 heteroatoms. The van der Waals surface area contributed by atoms with E-state index in [9.17, 15) is 18.0 Å². The number of hydrogen-bond donors (Lipinski definition) is 0. The highest BCUT2D eigenvalue weighted by Crippen LogP contribution is 2.38. The minimum Gasteiger partial charge on any atom is -0.347 e. The van der Waals surface area contributed by atoms with Gasteiger partial charge in [-0.2, -0.15) is 13.2 Å². The fourth-order valence-corrected chi connectivity index (χ4v) is 3.12. The first-order valence-corrected chi connectivity index (χ1v) is 7.90. The fraction of sp³-hybridized carbons (Fsp3) is 0.250. The molecule has 3 aromatic heterocycles. The van der Waals surface area contributed by atoms with Crippen molar-refractivity contribution in [3.8, 4) is 10.4 Å². The molecule has 0 aliphatic rings. The van der Waals surface area contributed by atoms with E-state index in [0.29, 0.717) is 32.8 Å². The molecule has 4 nitrogen and oxygen atoms in total. The van der Waals surface area contributed by atoms with E-state index in [1.54, 1.807) is 43.2 Å². The number of halogens is 3. The first kappa shape index (κ1) is 16.5. The summed E-state index contributed by atoms with van der Waals surface area (Å²) >= 11 is 0.679. The Hall–Kier alpha value is -2.35. The maximum atomic E-state index is 12.8. The van der Waals surface area contributed by atoms with Crippen LogP contribution in [0.5, 0.6) is 0 Å². The quantitative estimate of drug-likeness (QED) is 0.717. The van der Waals surface area contributed by atoms with Crippen LogP contribution in [-0.2, 0) is 17.5 Å². The van der Waals surface area contributed by atoms with Crippen LogP contribution in [0.4, 0.5) is 13.2 Å². The molecule has 0 atom stereocenters. The van der Waals surface area contributed by atoms with Crippen LogP contribution >= 0.6 is 11.3 Å². The van der Waals surface area contributed by atoms with Gasteiger partial charge in [0.15, 0.2) is 0 Å². The third kappa shape index (κ3) is 3.14. The lowest BCUT2D eigenvalue weighted by molar-refractivity contribution is -0.134. The molecular weight excluding hydrogens is 339 g/mol. The Morgan fingerprint density at radius 2 is 2.04 bits per heavy atom. The zero-order valence-electron chi connectivity index (χ0n) is 13.0. The second-order valence-corrected chi connectivity index (χ2v) is 6.61. The van der Waals surface area contributed by atoms with Crippen LogP contribution in [0.3, 0.4) is 0 Å². The zero-order valence-corrected chi connectivity index (χ0v) is 13.8. The molecule has 0 radical (unpaired) electrons. The number of aromatic nitrogens is 2. The van der Waals surface area contributed by atoms with Crippen molar-refractivity contribution >= 4 is 28.3 Å². The summed E-state index contributed by atoms with van der Waals surface area (Å²) < 4.78 is 40.0. The van der Waals surface area contributed by atoms with E-state index in [0.717, 1.165) is 6.07 Å². The van der Waals surface area contributed by atoms with E-state index < -0.39 is 11.1 Å². The summed E-state index contributed by atoms with van der Waals surface area (Å²) in [6.07, 6.45) is -1.05. The summed E-state index contributed by atoms with van der Waals surface area (Å²) in [5.74, 6) is -0.0756. The van der Waals surface area contributed by atoms with Gasteiger partial charge in [0.05, 0.1) is 11.0 Å². The Kier molecular flexibility index (Phi) is 4.08. The maximum Gasteiger partial charge on any atom is 0.425 e. The summed E-state index contributed by atoms with van der Waals surface area (Å²) in [6, 6.07) is 6.04. The first-order chi connectivity index (χ1) is 11.3. The van der Waals surface area contributed by atoms with Crippen LogP contribution in [0.25, 0.3) is 21.5 Å². The molecule has 3 aromatic rings. The number of nitrogens with zero attached hydrogens (tertiary/aromatic N) is 3. The second-order valence-electron chi connectivity index (χ2n) is 5.52. The Balaban J connectivity index is 1.98. The van der Waals surface area contributed by atoms with Gasteiger partial charge in [0.1, 0.15) is 11.4 Å². The van der Waals surface area contributed by atoms with Gasteiger partial charge in [-0.25, -0.2) is 0 Å². The SMILES string of the molecule is CN(C)C(=O)Cn1ccc2ncc(-c3ccc(C(F)(F)F)s3)cc21. The van der Waals surface area contributed by atoms with Gasteiger partial charge in [0.2, 0.25) is 5.91 Å². The van der Waals surface area contributed by atoms with Crippen molar-refractivity contribution in [2.45, 2.75) is 12.7 Å². The van der Waals surface area contributed by atoms with Crippen molar-refractivity contribution in [3.63, 3.8) is 0 Å². The molecule has 1 amide bonds. The van der Waals surface area contributed by atoms with Crippen LogP contribution in [0, 0.1) is 0 Å². The molecule has 0 spiro atoms. The lowest BCUT2D eigenvalue weighted by Gasteiger charge is -2.11. The molecule has 0 aliphatic carbocycles. The zero-order chi connectivity index (χ0) is 17.5. The van der Waals surface area contributed by atoms with Crippen LogP contribution < -0.4 is 0 Å². The molecule has 0 bridgehead atoms. The second kappa shape index (κ2) is 5.94. The number of hydrogen-bond acceptors (Lipinski definition) is 3. The van der Waals surface area contributed by atoms with Gasteiger partial charge in [-0.3, -0.25) is 9.78 Å². The molecular formula is C16H14F3N3OS. The van der Waals surface area contributed by atoms with Crippen molar-refractivity contribution in [2.24, 2.45) is 0 Å². The smallest absolute Gasteiger partial charge is 0.347 e. The Morgan fingerprint density at radius 1 is 1.29 bits per heavy atom. The highest BCUT2D eigenvalue weighted by atomic mass is 32.1. The summed E-state index contributed by atoms with van der Waals surface area (Å²) in [4.78, 5) is 17.5. The average Bonchev–Trinajstić information content (AvgIpc) is 3.13. The minimum absolute atomic E-state index is 0.0756. The summed E-state index contributed by atoms with van der Waals surface area (Å²) in [7, 11) is 3.34. The van der Waals surface area contributed by atoms with Crippen molar-refractivity contribution < 1.29 is 18.0 Å². The lowest BCUT2D eigenvalue weighted by Crippen LogP contribution is -2.25. The van der Waals surface area contributed by atoms with Gasteiger partial charge in [-0.15, -0.1) is 11.3 Å². The van der Waals surface area contributed by atoms with E-state index in [2.05, 4.69) is 4.98 Å². The van der Waals surface area contributed by atoms with Crippen LogP contribution in [0.2, 0.25) is 0 Å². The third-order valence-corrected chi connectivity index (χ3v) is 4.77. The fourth-order valence-electron chi connectivity index (χ4n) is 2.27. The number of fused-ring (bicyclic) bond motifs is 1. The Labute approximate surface area is 140 Å². The van der Waals surface area contributed by atoms with Gasteiger partial charge in [0.25, 0.3) is 0 Å². The number of likely N-dealkylation sites (N-methyl/N-ethyl adjacent to an activating group) is 1. The largest absolute Gasteiger partial charge is 0.425 e. The van der Waals surface area contributed by atoms with Gasteiger partial charge < -0.3 is 9.47 Å². The summed E-state index contributed by atoms with van der Waals surface area (Å²) in [6.45, 7) is 0.153. The van der Waals surface area contributed by atoms with E-state index in [-0.39, 0.29) is 12.5 Å². The standard InChI is InChI=1S/C16H14F3N3OS/c1-21(2)15(23)9-22-6-5-11-12(22)7-10(8-20-11)13-3-4-14(24-13)16(17,18)19/h3-8H,9H2,1-2H3. The molecule has 0 saturated carbocycles. The molecule has 0 aromatic carbocycles. The number of rotatable bonds is 3. The molecule has 0 N–H and O–H groups in total. The summed E-state index contributed by atoms with van der Waals surface area (Å²) in [5.41, 5.74) is 2.00. The van der Waals surface area contributed by atoms with Crippen molar-refractivity contribution in [1.29, 1.82) is 0 Å². The molecule has 0 aliphatic heterocycles. The molecule has 24 heavy (non-hydrogen) atoms. The first-order valence-electron chi connectivity index (χ1n) is 7.08. The number of pyridine rings is 1. The van der Waals surface area contributed by atoms with Crippen LogP contribution in [-0.4, -0.2) is 34.5 Å². The van der Waals surface area contributed by atoms with Crippen molar-refractivity contribution in [1.82, 2.24) is 14.5 Å². The number of thiophene rings is 1. The van der Waals surface area contributed by atoms with Gasteiger partial charge in [0, 0.05) is 36.9 Å². The van der Waals surface area contributed by atoms with Gasteiger partial charge >= 0.3 is 6.18 Å². The van der Waals surface area contributed by atoms with Crippen LogP contribution in [0.1, 0.15) is 4.88 Å². The predicted molar refractivity (Wildman–Crippen MR) is 86.7 cm³/mol. The van der Waals surface area contributed by atoms with Crippen molar-refractivity contribution in [3.05, 3.63) is 41.5 Å².